The minimum absolute atomic E-state index is 0.0455. The van der Waals surface area contributed by atoms with Crippen LogP contribution < -0.4 is 26.4 Å². The number of carbonyl (C=O) groups is 2. The molecule has 172 valence electrons. The van der Waals surface area contributed by atoms with Crippen LogP contribution in [-0.4, -0.2) is 57.5 Å². The second-order valence-electron chi connectivity index (χ2n) is 8.71. The third-order valence-corrected chi connectivity index (χ3v) is 6.33. The van der Waals surface area contributed by atoms with Gasteiger partial charge in [0.1, 0.15) is 23.0 Å². The maximum absolute atomic E-state index is 12.9. The fourth-order valence-corrected chi connectivity index (χ4v) is 4.47. The van der Waals surface area contributed by atoms with Crippen LogP contribution in [0.5, 0.6) is 5.88 Å². The normalized spacial score (nSPS) is 20.9. The Morgan fingerprint density at radius 1 is 1.12 bits per heavy atom. The molecule has 1 aliphatic heterocycles. The van der Waals surface area contributed by atoms with Gasteiger partial charge in [-0.2, -0.15) is 0 Å². The molecule has 1 aliphatic carbocycles. The van der Waals surface area contributed by atoms with E-state index >= 15 is 0 Å². The van der Waals surface area contributed by atoms with Crippen LogP contribution in [0, 0.1) is 0 Å². The lowest BCUT2D eigenvalue weighted by Gasteiger charge is -2.38. The average Bonchev–Trinajstić information content (AvgIpc) is 3.22. The number of nitrogens with one attached hydrogen (secondary N) is 1. The fraction of sp³-hybridized carbons (Fsp3) is 0.391. The van der Waals surface area contributed by atoms with Gasteiger partial charge in [-0.25, -0.2) is 9.97 Å². The lowest BCUT2D eigenvalue weighted by atomic mass is 9.93. The number of ether oxygens (including phenoxy) is 1. The summed E-state index contributed by atoms with van der Waals surface area (Å²) in [6.45, 7) is 1.67. The number of imidazole rings is 1. The lowest BCUT2D eigenvalue weighted by Crippen LogP contribution is -2.55. The summed E-state index contributed by atoms with van der Waals surface area (Å²) in [6.07, 6.45) is 8.01. The Morgan fingerprint density at radius 2 is 1.91 bits per heavy atom. The third-order valence-electron chi connectivity index (χ3n) is 6.33. The molecule has 0 bridgehead atoms. The monoisotopic (exact) mass is 449 g/mol. The highest BCUT2D eigenvalue weighted by Crippen LogP contribution is 2.26. The number of hydrogen-bond acceptors (Lipinski definition) is 7. The number of nitrogens with two attached hydrogens (primary N) is 2. The second-order valence-corrected chi connectivity index (χ2v) is 8.71. The molecule has 5 rings (SSSR count). The van der Waals surface area contributed by atoms with Crippen molar-refractivity contribution in [2.45, 2.75) is 43.9 Å². The van der Waals surface area contributed by atoms with Gasteiger partial charge in [0.05, 0.1) is 6.20 Å². The zero-order chi connectivity index (χ0) is 22.9. The van der Waals surface area contributed by atoms with Crippen molar-refractivity contribution in [3.63, 3.8) is 0 Å². The van der Waals surface area contributed by atoms with Gasteiger partial charge in [0.15, 0.2) is 0 Å². The Labute approximate surface area is 190 Å². The van der Waals surface area contributed by atoms with E-state index in [1.54, 1.807) is 28.9 Å². The third kappa shape index (κ3) is 4.34. The van der Waals surface area contributed by atoms with E-state index in [1.807, 2.05) is 18.3 Å². The Morgan fingerprint density at radius 3 is 2.64 bits per heavy atom. The van der Waals surface area contributed by atoms with Crippen LogP contribution in [0.2, 0.25) is 0 Å². The molecule has 2 fully saturated rings. The van der Waals surface area contributed by atoms with Crippen LogP contribution in [-0.2, 0) is 0 Å². The second kappa shape index (κ2) is 8.70. The summed E-state index contributed by atoms with van der Waals surface area (Å²) >= 11 is 0. The summed E-state index contributed by atoms with van der Waals surface area (Å²) in [5.41, 5.74) is 13.9. The number of aromatic nitrogens is 3. The molecule has 3 aromatic rings. The molecule has 0 spiro atoms. The predicted molar refractivity (Wildman–Crippen MR) is 122 cm³/mol. The molecule has 33 heavy (non-hydrogen) atoms. The molecule has 1 saturated heterocycles. The lowest BCUT2D eigenvalue weighted by molar-refractivity contribution is 0.0876. The van der Waals surface area contributed by atoms with Crippen molar-refractivity contribution in [3.8, 4) is 5.88 Å². The Kier molecular flexibility index (Phi) is 5.59. The minimum Gasteiger partial charge on any atom is -0.474 e. The molecule has 0 aromatic carbocycles. The van der Waals surface area contributed by atoms with Gasteiger partial charge in [0, 0.05) is 49.3 Å². The average molecular weight is 450 g/mol. The number of nitrogens with zero attached hydrogens (tertiary/aromatic N) is 4. The van der Waals surface area contributed by atoms with Gasteiger partial charge in [-0.15, -0.1) is 0 Å². The molecule has 0 atom stereocenters. The SMILES string of the molecule is NC(=O)c1cccnc1OC1CCC(NC(=O)c2cnc3cc(N4CC(N)C4)ccn23)CC1. The van der Waals surface area contributed by atoms with Gasteiger partial charge in [-0.3, -0.25) is 14.0 Å². The highest BCUT2D eigenvalue weighted by atomic mass is 16.5. The quantitative estimate of drug-likeness (QED) is 0.512. The molecule has 10 nitrogen and oxygen atoms in total. The first-order valence-electron chi connectivity index (χ1n) is 11.2. The molecular formula is C23H27N7O3. The Bertz CT molecular complexity index is 1180. The maximum atomic E-state index is 12.9. The van der Waals surface area contributed by atoms with Crippen molar-refractivity contribution in [1.29, 1.82) is 0 Å². The van der Waals surface area contributed by atoms with Crippen molar-refractivity contribution in [3.05, 3.63) is 54.1 Å². The molecule has 0 radical (unpaired) electrons. The molecule has 2 amide bonds. The smallest absolute Gasteiger partial charge is 0.270 e. The van der Waals surface area contributed by atoms with Crippen molar-refractivity contribution in [2.24, 2.45) is 11.5 Å². The van der Waals surface area contributed by atoms with E-state index in [9.17, 15) is 9.59 Å². The molecule has 2 aliphatic rings. The number of carbonyl (C=O) groups excluding carboxylic acids is 2. The van der Waals surface area contributed by atoms with Gasteiger partial charge in [0.25, 0.3) is 11.8 Å². The first-order chi connectivity index (χ1) is 16.0. The van der Waals surface area contributed by atoms with E-state index in [4.69, 9.17) is 16.2 Å². The van der Waals surface area contributed by atoms with Crippen LogP contribution >= 0.6 is 0 Å². The molecule has 0 unspecified atom stereocenters. The van der Waals surface area contributed by atoms with E-state index in [2.05, 4.69) is 20.2 Å². The highest BCUT2D eigenvalue weighted by Gasteiger charge is 2.27. The highest BCUT2D eigenvalue weighted by molar-refractivity contribution is 5.95. The predicted octanol–water partition coefficient (Wildman–Crippen LogP) is 1.10. The topological polar surface area (TPSA) is 141 Å². The van der Waals surface area contributed by atoms with E-state index < -0.39 is 5.91 Å². The van der Waals surface area contributed by atoms with E-state index in [1.165, 1.54) is 0 Å². The summed E-state index contributed by atoms with van der Waals surface area (Å²) in [5.74, 6) is -0.443. The van der Waals surface area contributed by atoms with Crippen LogP contribution in [0.4, 0.5) is 5.69 Å². The van der Waals surface area contributed by atoms with Gasteiger partial charge in [-0.05, 0) is 43.9 Å². The number of hydrogen-bond donors (Lipinski definition) is 3. The largest absolute Gasteiger partial charge is 0.474 e. The number of primary amides is 1. The van der Waals surface area contributed by atoms with Gasteiger partial charge in [-0.1, -0.05) is 0 Å². The molecule has 4 heterocycles. The molecule has 5 N–H and O–H groups in total. The van der Waals surface area contributed by atoms with Crippen molar-refractivity contribution >= 4 is 23.1 Å². The zero-order valence-corrected chi connectivity index (χ0v) is 18.2. The van der Waals surface area contributed by atoms with Crippen molar-refractivity contribution in [2.75, 3.05) is 18.0 Å². The Balaban J connectivity index is 1.18. The molecule has 3 aromatic heterocycles. The molecular weight excluding hydrogens is 422 g/mol. The van der Waals surface area contributed by atoms with Crippen molar-refractivity contribution < 1.29 is 14.3 Å². The Hall–Kier alpha value is -3.66. The summed E-state index contributed by atoms with van der Waals surface area (Å²) in [4.78, 5) is 35.2. The first kappa shape index (κ1) is 21.2. The van der Waals surface area contributed by atoms with Crippen LogP contribution in [0.3, 0.4) is 0 Å². The fourth-order valence-electron chi connectivity index (χ4n) is 4.47. The standard InChI is InChI=1S/C23H27N7O3/c24-14-12-29(13-14)16-7-9-30-19(11-27-20(30)10-16)22(32)28-15-3-5-17(6-4-15)33-23-18(21(25)31)2-1-8-26-23/h1-2,7-11,14-15,17H,3-6,12-13,24H2,(H2,25,31)(H,28,32). The van der Waals surface area contributed by atoms with Crippen molar-refractivity contribution in [1.82, 2.24) is 19.7 Å². The zero-order valence-electron chi connectivity index (χ0n) is 18.2. The van der Waals surface area contributed by atoms with Gasteiger partial charge >= 0.3 is 0 Å². The summed E-state index contributed by atoms with van der Waals surface area (Å²) in [6, 6.07) is 7.48. The summed E-state index contributed by atoms with van der Waals surface area (Å²) < 4.78 is 7.74. The van der Waals surface area contributed by atoms with Crippen LogP contribution in [0.15, 0.2) is 42.9 Å². The first-order valence-corrected chi connectivity index (χ1v) is 11.2. The van der Waals surface area contributed by atoms with E-state index in [0.717, 1.165) is 50.1 Å². The number of rotatable bonds is 6. The molecule has 10 heteroatoms. The van der Waals surface area contributed by atoms with Gasteiger partial charge in [0.2, 0.25) is 5.88 Å². The number of amides is 2. The van der Waals surface area contributed by atoms with E-state index in [-0.39, 0.29) is 35.5 Å². The van der Waals surface area contributed by atoms with Crippen LogP contribution in [0.25, 0.3) is 5.65 Å². The number of pyridine rings is 2. The summed E-state index contributed by atoms with van der Waals surface area (Å²) in [7, 11) is 0. The van der Waals surface area contributed by atoms with E-state index in [0.29, 0.717) is 5.69 Å². The number of anilines is 1. The number of fused-ring (bicyclic) bond motifs is 1. The maximum Gasteiger partial charge on any atom is 0.270 e. The van der Waals surface area contributed by atoms with Gasteiger partial charge < -0.3 is 26.4 Å². The summed E-state index contributed by atoms with van der Waals surface area (Å²) in [5, 5.41) is 3.12. The van der Waals surface area contributed by atoms with Crippen LogP contribution in [0.1, 0.15) is 46.5 Å². The molecule has 1 saturated carbocycles. The minimum atomic E-state index is -0.562.